The maximum Gasteiger partial charge on any atom is 1.00 e. The number of aryl methyl sites for hydroxylation is 1. The lowest BCUT2D eigenvalue weighted by molar-refractivity contribution is 0.0695. The molecule has 1 heterocycles. The molecule has 0 radical (unpaired) electrons. The zero-order valence-electron chi connectivity index (χ0n) is 12.6. The van der Waals surface area contributed by atoms with Crippen molar-refractivity contribution in [1.82, 2.24) is 15.4 Å². The van der Waals surface area contributed by atoms with Crippen LogP contribution in [0.1, 0.15) is 27.7 Å². The highest BCUT2D eigenvalue weighted by Crippen LogP contribution is 2.11. The van der Waals surface area contributed by atoms with Crippen molar-refractivity contribution in [2.45, 2.75) is 6.92 Å². The highest BCUT2D eigenvalue weighted by molar-refractivity contribution is 5.94. The number of H-pyrrole nitrogens is 1. The van der Waals surface area contributed by atoms with Crippen molar-refractivity contribution in [3.63, 3.8) is 0 Å². The normalized spacial score (nSPS) is 9.86. The van der Waals surface area contributed by atoms with E-state index in [2.05, 4.69) is 15.4 Å². The Morgan fingerprint density at radius 1 is 1.09 bits per heavy atom. The molecule has 3 aromatic rings. The van der Waals surface area contributed by atoms with Crippen LogP contribution in [0, 0.1) is 6.92 Å². The molecule has 0 aliphatic carbocycles. The summed E-state index contributed by atoms with van der Waals surface area (Å²) < 4.78 is 0. The Bertz CT molecular complexity index is 802. The highest BCUT2D eigenvalue weighted by Gasteiger charge is 2.10. The first-order valence-corrected chi connectivity index (χ1v) is 6.32. The number of hydrogen-bond acceptors (Lipinski definition) is 4. The number of carbonyl (C=O) groups is 2. The third-order valence-electron chi connectivity index (χ3n) is 2.95. The molecule has 3 N–H and O–H groups in total. The predicted octanol–water partition coefficient (Wildman–Crippen LogP) is 2.46. The topological polar surface area (TPSA) is 116 Å². The van der Waals surface area contributed by atoms with Crippen molar-refractivity contribution in [3.05, 3.63) is 59.2 Å². The van der Waals surface area contributed by atoms with Crippen molar-refractivity contribution >= 4 is 23.0 Å². The van der Waals surface area contributed by atoms with Gasteiger partial charge in [0.15, 0.2) is 0 Å². The lowest BCUT2D eigenvalue weighted by atomic mass is 10.1. The molecule has 0 fully saturated rings. The Labute approximate surface area is 126 Å². The number of carboxylic acid groups (broad SMARTS) is 2. The van der Waals surface area contributed by atoms with Crippen molar-refractivity contribution in [2.75, 3.05) is 0 Å². The van der Waals surface area contributed by atoms with Gasteiger partial charge in [0.1, 0.15) is 5.52 Å². The summed E-state index contributed by atoms with van der Waals surface area (Å²) in [5.74, 6) is -2.23. The van der Waals surface area contributed by atoms with Gasteiger partial charge in [0.2, 0.25) is 0 Å². The molecule has 0 saturated heterocycles. The fourth-order valence-electron chi connectivity index (χ4n) is 1.77. The van der Waals surface area contributed by atoms with Gasteiger partial charge < -0.3 is 10.2 Å². The van der Waals surface area contributed by atoms with Crippen LogP contribution >= 0.6 is 0 Å². The molecule has 0 aliphatic rings. The number of benzene rings is 2. The monoisotopic (exact) mass is 300 g/mol. The Hall–Kier alpha value is -3.22. The van der Waals surface area contributed by atoms with E-state index in [-0.39, 0.29) is 12.6 Å². The largest absolute Gasteiger partial charge is 1.00 e. The van der Waals surface area contributed by atoms with Crippen LogP contribution in [-0.4, -0.2) is 37.6 Å². The smallest absolute Gasteiger partial charge is 0.478 e. The van der Waals surface area contributed by atoms with Crippen LogP contribution in [0.3, 0.4) is 0 Å². The Morgan fingerprint density at radius 2 is 1.82 bits per heavy atom. The van der Waals surface area contributed by atoms with Crippen molar-refractivity contribution in [1.29, 1.82) is 0 Å². The van der Waals surface area contributed by atoms with E-state index in [1.165, 1.54) is 12.1 Å². The molecule has 0 bridgehead atoms. The summed E-state index contributed by atoms with van der Waals surface area (Å²) in [6.45, 7) is 1.62. The summed E-state index contributed by atoms with van der Waals surface area (Å²) in [5, 5.41) is 27.5. The minimum absolute atomic E-state index is 0. The quantitative estimate of drug-likeness (QED) is 0.669. The zero-order valence-corrected chi connectivity index (χ0v) is 11.6. The lowest BCUT2D eigenvalue weighted by Crippen LogP contribution is -2.03. The molecule has 0 saturated carbocycles. The number of fused-ring (bicyclic) bond motifs is 1. The summed E-state index contributed by atoms with van der Waals surface area (Å²) in [7, 11) is 0. The first-order chi connectivity index (χ1) is 10.5. The maximum atomic E-state index is 10.6. The minimum atomic E-state index is -1.12. The number of para-hydroxylation sites is 1. The number of nitrogens with one attached hydrogen (secondary N) is 1. The first kappa shape index (κ1) is 15.2. The van der Waals surface area contributed by atoms with Crippen molar-refractivity contribution in [2.24, 2.45) is 0 Å². The van der Waals surface area contributed by atoms with E-state index in [1.54, 1.807) is 6.92 Å². The number of hydrogen-bond donors (Lipinski definition) is 3. The van der Waals surface area contributed by atoms with Gasteiger partial charge in [-0.25, -0.2) is 9.59 Å². The van der Waals surface area contributed by atoms with Gasteiger partial charge in [0.25, 0.3) is 0 Å². The van der Waals surface area contributed by atoms with Crippen LogP contribution < -0.4 is 0 Å². The summed E-state index contributed by atoms with van der Waals surface area (Å²) in [6, 6.07) is 11.7. The second kappa shape index (κ2) is 6.49. The van der Waals surface area contributed by atoms with Crippen LogP contribution in [0.5, 0.6) is 0 Å². The second-order valence-corrected chi connectivity index (χ2v) is 4.47. The molecule has 0 aliphatic heterocycles. The van der Waals surface area contributed by atoms with E-state index in [0.717, 1.165) is 17.1 Å². The summed E-state index contributed by atoms with van der Waals surface area (Å²) in [5.41, 5.74) is 2.47. The number of rotatable bonds is 2. The van der Waals surface area contributed by atoms with E-state index in [9.17, 15) is 9.59 Å². The van der Waals surface area contributed by atoms with Gasteiger partial charge in [0, 0.05) is 0 Å². The molecule has 22 heavy (non-hydrogen) atoms. The lowest BCUT2D eigenvalue weighted by Gasteiger charge is -2.01. The number of aromatic amines is 1. The summed E-state index contributed by atoms with van der Waals surface area (Å²) >= 11 is 0. The summed E-state index contributed by atoms with van der Waals surface area (Å²) in [6.07, 6.45) is 0. The molecule has 7 nitrogen and oxygen atoms in total. The number of aromatic nitrogens is 3. The molecule has 7 heteroatoms. The van der Waals surface area contributed by atoms with Crippen LogP contribution in [0.2, 0.25) is 0 Å². The fourth-order valence-corrected chi connectivity index (χ4v) is 1.77. The Morgan fingerprint density at radius 3 is 2.45 bits per heavy atom. The van der Waals surface area contributed by atoms with Crippen LogP contribution in [0.4, 0.5) is 0 Å². The van der Waals surface area contributed by atoms with E-state index in [1.807, 2.05) is 24.3 Å². The van der Waals surface area contributed by atoms with Gasteiger partial charge in [0.05, 0.1) is 16.6 Å². The van der Waals surface area contributed by atoms with E-state index >= 15 is 0 Å². The Kier molecular flexibility index (Phi) is 4.47. The average Bonchev–Trinajstić information content (AvgIpc) is 2.96. The predicted molar refractivity (Wildman–Crippen MR) is 80.1 cm³/mol. The number of nitrogens with zero attached hydrogens (tertiary/aromatic N) is 2. The minimum Gasteiger partial charge on any atom is -0.478 e. The second-order valence-electron chi connectivity index (χ2n) is 4.47. The molecule has 0 unspecified atom stereocenters. The molecule has 3 rings (SSSR count). The molecular formula is C15H14N3O4+. The molecule has 112 valence electrons. The zero-order chi connectivity index (χ0) is 16.1. The van der Waals surface area contributed by atoms with Gasteiger partial charge in [-0.2, -0.15) is 0 Å². The van der Waals surface area contributed by atoms with Crippen molar-refractivity contribution < 1.29 is 21.2 Å². The van der Waals surface area contributed by atoms with Crippen LogP contribution in [0.25, 0.3) is 11.0 Å². The van der Waals surface area contributed by atoms with Gasteiger partial charge in [-0.3, -0.25) is 5.10 Å². The van der Waals surface area contributed by atoms with Crippen molar-refractivity contribution in [3.8, 4) is 0 Å². The van der Waals surface area contributed by atoms with Gasteiger partial charge in [-0.1, -0.05) is 23.4 Å². The molecular weight excluding hydrogens is 286 g/mol. The summed E-state index contributed by atoms with van der Waals surface area (Å²) in [4.78, 5) is 21.1. The molecule has 2 aromatic carbocycles. The van der Waals surface area contributed by atoms with E-state index in [0.29, 0.717) is 5.56 Å². The SMILES string of the molecule is Cc1ccc(C(=O)O)cc1C(=O)O.[H+].c1ccc2[nH]nnc2c1. The molecule has 0 atom stereocenters. The standard InChI is InChI=1S/C9H8O4.C6H5N3/c1-5-2-3-6(8(10)11)4-7(5)9(12)13;1-2-4-6-5(3-1)7-9-8-6/h2-4H,1H3,(H,10,11)(H,12,13);1-4H,(H,7,8,9)/p+1. The van der Waals surface area contributed by atoms with Gasteiger partial charge in [-0.15, -0.1) is 5.10 Å². The molecule has 0 spiro atoms. The highest BCUT2D eigenvalue weighted by atomic mass is 16.4. The fraction of sp³-hybridized carbons (Fsp3) is 0.0667. The Balaban J connectivity index is 0.000000232. The third-order valence-corrected chi connectivity index (χ3v) is 2.95. The number of carboxylic acids is 2. The maximum absolute atomic E-state index is 10.6. The molecule has 1 aromatic heterocycles. The van der Waals surface area contributed by atoms with Crippen LogP contribution in [-0.2, 0) is 0 Å². The van der Waals surface area contributed by atoms with Gasteiger partial charge in [-0.05, 0) is 36.8 Å². The van der Waals surface area contributed by atoms with E-state index < -0.39 is 11.9 Å². The third kappa shape index (κ3) is 3.45. The van der Waals surface area contributed by atoms with E-state index in [4.69, 9.17) is 10.2 Å². The first-order valence-electron chi connectivity index (χ1n) is 6.32. The molecule has 0 amide bonds. The van der Waals surface area contributed by atoms with Crippen LogP contribution in [0.15, 0.2) is 42.5 Å². The average molecular weight is 300 g/mol. The van der Waals surface area contributed by atoms with Gasteiger partial charge >= 0.3 is 13.4 Å². The number of aromatic carboxylic acids is 2.